The molecule has 8 rings (SSSR count). The zero-order valence-electron chi connectivity index (χ0n) is 23.3. The van der Waals surface area contributed by atoms with Gasteiger partial charge in [-0.2, -0.15) is 0 Å². The van der Waals surface area contributed by atoms with Gasteiger partial charge < -0.3 is 29.2 Å². The number of likely N-dealkylation sites (N-methyl/N-ethyl adjacent to an activating group) is 1. The number of fused-ring (bicyclic) bond motifs is 2. The van der Waals surface area contributed by atoms with Crippen LogP contribution in [0.4, 0.5) is 5.69 Å². The van der Waals surface area contributed by atoms with Gasteiger partial charge in [0.05, 0.1) is 12.8 Å². The van der Waals surface area contributed by atoms with Crippen molar-refractivity contribution in [1.82, 2.24) is 14.8 Å². The van der Waals surface area contributed by atoms with E-state index in [-0.39, 0.29) is 17.4 Å². The van der Waals surface area contributed by atoms with E-state index in [1.807, 2.05) is 17.0 Å². The van der Waals surface area contributed by atoms with Crippen molar-refractivity contribution >= 4 is 23.2 Å². The molecule has 2 aliphatic carbocycles. The Kier molecular flexibility index (Phi) is 5.34. The van der Waals surface area contributed by atoms with Gasteiger partial charge in [-0.05, 0) is 92.7 Å². The van der Waals surface area contributed by atoms with Gasteiger partial charge in [-0.3, -0.25) is 4.79 Å². The van der Waals surface area contributed by atoms with E-state index in [2.05, 4.69) is 53.0 Å². The van der Waals surface area contributed by atoms with Gasteiger partial charge in [-0.15, -0.1) is 0 Å². The van der Waals surface area contributed by atoms with Crippen LogP contribution in [-0.4, -0.2) is 73.6 Å². The summed E-state index contributed by atoms with van der Waals surface area (Å²) < 4.78 is 12.7. The van der Waals surface area contributed by atoms with Gasteiger partial charge in [-0.1, -0.05) is 17.7 Å². The van der Waals surface area contributed by atoms with Gasteiger partial charge in [0.15, 0.2) is 11.5 Å². The number of nitrogens with one attached hydrogen (secondary N) is 1. The quantitative estimate of drug-likeness (QED) is 0.503. The van der Waals surface area contributed by atoms with Crippen LogP contribution in [0.25, 0.3) is 0 Å². The van der Waals surface area contributed by atoms with E-state index in [4.69, 9.17) is 21.1 Å². The third-order valence-electron chi connectivity index (χ3n) is 10.7. The smallest absolute Gasteiger partial charge is 0.270 e. The molecule has 208 valence electrons. The Morgan fingerprint density at radius 2 is 1.85 bits per heavy atom. The third-order valence-corrected chi connectivity index (χ3v) is 10.9. The van der Waals surface area contributed by atoms with Crippen LogP contribution in [-0.2, 0) is 18.3 Å². The maximum Gasteiger partial charge on any atom is 0.270 e. The topological polar surface area (TPSA) is 61.0 Å². The van der Waals surface area contributed by atoms with E-state index in [1.165, 1.54) is 16.7 Å². The van der Waals surface area contributed by atoms with E-state index in [1.54, 1.807) is 7.11 Å². The fraction of sp³-hybridized carbons (Fsp3) is 0.469. The van der Waals surface area contributed by atoms with Gasteiger partial charge >= 0.3 is 0 Å². The van der Waals surface area contributed by atoms with E-state index in [0.29, 0.717) is 25.0 Å². The van der Waals surface area contributed by atoms with Crippen molar-refractivity contribution in [2.75, 3.05) is 51.8 Å². The Labute approximate surface area is 240 Å². The number of amides is 1. The Morgan fingerprint density at radius 1 is 1.07 bits per heavy atom. The minimum absolute atomic E-state index is 0.0799. The molecule has 0 radical (unpaired) electrons. The number of benzene rings is 2. The number of ether oxygens (including phenoxy) is 2. The Balaban J connectivity index is 1.14. The maximum absolute atomic E-state index is 14.0. The average Bonchev–Trinajstić information content (AvgIpc) is 3.49. The van der Waals surface area contributed by atoms with Crippen molar-refractivity contribution < 1.29 is 14.3 Å². The first-order valence-corrected chi connectivity index (χ1v) is 14.9. The summed E-state index contributed by atoms with van der Waals surface area (Å²) in [5, 5.41) is 0.739. The second-order valence-corrected chi connectivity index (χ2v) is 12.7. The van der Waals surface area contributed by atoms with Crippen LogP contribution in [0.5, 0.6) is 11.5 Å². The number of methoxy groups -OCH3 is 1. The summed E-state index contributed by atoms with van der Waals surface area (Å²) in [4.78, 5) is 24.5. The van der Waals surface area contributed by atoms with Gasteiger partial charge in [0.2, 0.25) is 0 Å². The predicted octanol–water partition coefficient (Wildman–Crippen LogP) is 4.75. The van der Waals surface area contributed by atoms with Crippen molar-refractivity contribution in [2.45, 2.75) is 43.7 Å². The zero-order valence-corrected chi connectivity index (χ0v) is 24.1. The SMILES string of the molecule is COc1ccc2c3c1O[C@H]1c4[nH]c(C(=O)N5CCN(c6ccc(Cl)cc6)CC5)c(C)c4CC4[C@@H](C2)N(C)CC[C@@]341. The summed E-state index contributed by atoms with van der Waals surface area (Å²) in [5.74, 6) is 2.28. The van der Waals surface area contributed by atoms with Gasteiger partial charge in [-0.25, -0.2) is 0 Å². The lowest BCUT2D eigenvalue weighted by molar-refractivity contribution is -0.0256. The number of hydrogen-bond donors (Lipinski definition) is 1. The summed E-state index contributed by atoms with van der Waals surface area (Å²) in [7, 11) is 4.00. The molecular weight excluding hydrogens is 524 g/mol. The molecule has 2 aromatic carbocycles. The van der Waals surface area contributed by atoms with Crippen LogP contribution in [0.1, 0.15) is 51.0 Å². The number of aromatic nitrogens is 1. The number of piperidine rings is 1. The van der Waals surface area contributed by atoms with Crippen molar-refractivity contribution in [2.24, 2.45) is 5.92 Å². The van der Waals surface area contributed by atoms with Crippen LogP contribution in [0.15, 0.2) is 36.4 Å². The Morgan fingerprint density at radius 3 is 2.60 bits per heavy atom. The number of carbonyl (C=O) groups is 1. The lowest BCUT2D eigenvalue weighted by Crippen LogP contribution is -2.62. The van der Waals surface area contributed by atoms with Crippen LogP contribution < -0.4 is 14.4 Å². The molecule has 1 unspecified atom stereocenters. The van der Waals surface area contributed by atoms with Crippen molar-refractivity contribution in [1.29, 1.82) is 0 Å². The van der Waals surface area contributed by atoms with Gasteiger partial charge in [0.1, 0.15) is 11.8 Å². The number of likely N-dealkylation sites (tertiary alicyclic amines) is 1. The molecule has 0 saturated carbocycles. The molecule has 4 atom stereocenters. The molecule has 3 aromatic rings. The lowest BCUT2D eigenvalue weighted by Gasteiger charge is -2.57. The van der Waals surface area contributed by atoms with E-state index >= 15 is 0 Å². The summed E-state index contributed by atoms with van der Waals surface area (Å²) in [6.45, 7) is 6.16. The highest BCUT2D eigenvalue weighted by Crippen LogP contribution is 2.67. The summed E-state index contributed by atoms with van der Waals surface area (Å²) in [6, 6.07) is 12.7. The van der Waals surface area contributed by atoms with E-state index in [9.17, 15) is 4.79 Å². The first kappa shape index (κ1) is 24.6. The van der Waals surface area contributed by atoms with Crippen LogP contribution >= 0.6 is 11.6 Å². The Hall–Kier alpha value is -3.16. The highest BCUT2D eigenvalue weighted by molar-refractivity contribution is 6.30. The number of rotatable bonds is 3. The number of aromatic amines is 1. The van der Waals surface area contributed by atoms with Crippen molar-refractivity contribution in [3.63, 3.8) is 0 Å². The molecule has 7 nitrogen and oxygen atoms in total. The fourth-order valence-electron chi connectivity index (χ4n) is 8.63. The molecule has 1 spiro atoms. The maximum atomic E-state index is 14.0. The number of nitrogens with zero attached hydrogens (tertiary/aromatic N) is 3. The minimum Gasteiger partial charge on any atom is -0.493 e. The molecule has 4 heterocycles. The molecule has 2 fully saturated rings. The molecule has 3 aliphatic heterocycles. The molecule has 5 aliphatic rings. The lowest BCUT2D eigenvalue weighted by atomic mass is 9.51. The first-order valence-electron chi connectivity index (χ1n) is 14.5. The Bertz CT molecular complexity index is 1530. The molecule has 1 amide bonds. The highest BCUT2D eigenvalue weighted by atomic mass is 35.5. The zero-order chi connectivity index (χ0) is 27.3. The number of piperazine rings is 1. The van der Waals surface area contributed by atoms with Crippen LogP contribution in [0.3, 0.4) is 0 Å². The number of carbonyl (C=O) groups excluding carboxylic acids is 1. The highest BCUT2D eigenvalue weighted by Gasteiger charge is 2.65. The second kappa shape index (κ2) is 8.67. The summed E-state index contributed by atoms with van der Waals surface area (Å²) >= 11 is 6.08. The number of hydrogen-bond acceptors (Lipinski definition) is 5. The average molecular weight is 559 g/mol. The second-order valence-electron chi connectivity index (χ2n) is 12.3. The number of H-pyrrole nitrogens is 1. The predicted molar refractivity (Wildman–Crippen MR) is 155 cm³/mol. The molecule has 1 aromatic heterocycles. The molecule has 8 heteroatoms. The van der Waals surface area contributed by atoms with Gasteiger partial charge in [0, 0.05) is 53.9 Å². The van der Waals surface area contributed by atoms with Crippen LogP contribution in [0, 0.1) is 12.8 Å². The molecule has 2 saturated heterocycles. The van der Waals surface area contributed by atoms with E-state index < -0.39 is 0 Å². The van der Waals surface area contributed by atoms with E-state index in [0.717, 1.165) is 78.1 Å². The summed E-state index contributed by atoms with van der Waals surface area (Å²) in [5.41, 5.74) is 8.04. The summed E-state index contributed by atoms with van der Waals surface area (Å²) in [6.07, 6.45) is 2.94. The van der Waals surface area contributed by atoms with Gasteiger partial charge in [0.25, 0.3) is 5.91 Å². The van der Waals surface area contributed by atoms with Crippen molar-refractivity contribution in [3.8, 4) is 11.5 Å². The largest absolute Gasteiger partial charge is 0.493 e. The fourth-order valence-corrected chi connectivity index (χ4v) is 8.75. The minimum atomic E-state index is -0.121. The molecular formula is C32H35ClN4O3. The first-order chi connectivity index (χ1) is 19.4. The van der Waals surface area contributed by atoms with Crippen LogP contribution in [0.2, 0.25) is 5.02 Å². The number of anilines is 1. The number of halogens is 1. The molecule has 1 N–H and O–H groups in total. The van der Waals surface area contributed by atoms with Crippen molar-refractivity contribution in [3.05, 3.63) is 75.1 Å². The molecule has 2 bridgehead atoms. The molecule has 40 heavy (non-hydrogen) atoms. The monoisotopic (exact) mass is 558 g/mol. The standard InChI is InChI=1S/C32H35ClN4O3/c1-18-22-17-23-24-16-19-4-9-25(39-3)29-26(19)32(23,10-11-35(24)2)30(40-29)28(22)34-27(18)31(38)37-14-12-36(13-15-37)21-7-5-20(33)6-8-21/h4-9,23-24,30,34H,10-17H2,1-3H3/t23?,24-,30+,32+/m1/s1. The normalized spacial score (nSPS) is 28.1. The third kappa shape index (κ3) is 3.19.